The molecule has 122 valence electrons. The van der Waals surface area contributed by atoms with E-state index in [0.717, 1.165) is 22.6 Å². The van der Waals surface area contributed by atoms with Gasteiger partial charge in [-0.2, -0.15) is 5.26 Å². The molecule has 0 saturated heterocycles. The Balaban J connectivity index is 0.00000139. The van der Waals surface area contributed by atoms with Crippen molar-refractivity contribution in [3.05, 3.63) is 96.7 Å². The molecule has 0 amide bonds. The molecule has 2 rings (SSSR count). The normalized spacial score (nSPS) is 10.0. The van der Waals surface area contributed by atoms with Crippen LogP contribution in [0.1, 0.15) is 25.0 Å². The van der Waals surface area contributed by atoms with Gasteiger partial charge in [-0.3, -0.25) is 0 Å². The second kappa shape index (κ2) is 9.86. The molecular weight excluding hydrogens is 292 g/mol. The standard InChI is InChI=1S/C20H18N2.C2H6/c1-4-9-18(5-2)22(19-10-7-6-8-11-19)20-13-16(3)12-17(14-20)15-21;1-2/h4-14H,1-2H2,3H3;1-2H3/b18-9+;. The van der Waals surface area contributed by atoms with Crippen molar-refractivity contribution in [2.75, 3.05) is 4.90 Å². The van der Waals surface area contributed by atoms with Gasteiger partial charge in [0.05, 0.1) is 11.6 Å². The Morgan fingerprint density at radius 1 is 1.04 bits per heavy atom. The lowest BCUT2D eigenvalue weighted by Crippen LogP contribution is -2.15. The number of aryl methyl sites for hydroxylation is 1. The summed E-state index contributed by atoms with van der Waals surface area (Å²) >= 11 is 0. The molecule has 0 saturated carbocycles. The second-order valence-electron chi connectivity index (χ2n) is 4.87. The van der Waals surface area contributed by atoms with Crippen molar-refractivity contribution in [3.63, 3.8) is 0 Å². The van der Waals surface area contributed by atoms with Crippen LogP contribution >= 0.6 is 0 Å². The van der Waals surface area contributed by atoms with Gasteiger partial charge in [0.2, 0.25) is 0 Å². The maximum Gasteiger partial charge on any atom is 0.0992 e. The predicted octanol–water partition coefficient (Wildman–Crippen LogP) is 6.29. The zero-order valence-electron chi connectivity index (χ0n) is 14.7. The summed E-state index contributed by atoms with van der Waals surface area (Å²) < 4.78 is 0. The van der Waals surface area contributed by atoms with E-state index in [9.17, 15) is 5.26 Å². The first-order chi connectivity index (χ1) is 11.7. The number of hydrogen-bond donors (Lipinski definition) is 0. The van der Waals surface area contributed by atoms with Gasteiger partial charge >= 0.3 is 0 Å². The van der Waals surface area contributed by atoms with Crippen LogP contribution in [0.2, 0.25) is 0 Å². The smallest absolute Gasteiger partial charge is 0.0992 e. The van der Waals surface area contributed by atoms with Crippen LogP contribution in [-0.4, -0.2) is 0 Å². The van der Waals surface area contributed by atoms with Gasteiger partial charge in [0.25, 0.3) is 0 Å². The van der Waals surface area contributed by atoms with Gasteiger partial charge in [0.1, 0.15) is 0 Å². The highest BCUT2D eigenvalue weighted by molar-refractivity contribution is 5.71. The number of hydrogen-bond acceptors (Lipinski definition) is 2. The van der Waals surface area contributed by atoms with Crippen molar-refractivity contribution in [1.29, 1.82) is 5.26 Å². The minimum Gasteiger partial charge on any atom is -0.310 e. The van der Waals surface area contributed by atoms with Crippen LogP contribution in [0.25, 0.3) is 0 Å². The number of nitrogens with zero attached hydrogens (tertiary/aromatic N) is 2. The highest BCUT2D eigenvalue weighted by atomic mass is 15.1. The maximum atomic E-state index is 9.22. The summed E-state index contributed by atoms with van der Waals surface area (Å²) in [7, 11) is 0. The third-order valence-electron chi connectivity index (χ3n) is 3.22. The Kier molecular flexibility index (Phi) is 7.81. The average molecular weight is 316 g/mol. The van der Waals surface area contributed by atoms with Gasteiger partial charge < -0.3 is 4.90 Å². The zero-order chi connectivity index (χ0) is 17.9. The summed E-state index contributed by atoms with van der Waals surface area (Å²) in [5, 5.41) is 9.22. The van der Waals surface area contributed by atoms with Gasteiger partial charge in [-0.05, 0) is 55.0 Å². The molecule has 0 heterocycles. The van der Waals surface area contributed by atoms with E-state index in [1.807, 2.05) is 75.4 Å². The largest absolute Gasteiger partial charge is 0.310 e. The first-order valence-electron chi connectivity index (χ1n) is 8.01. The van der Waals surface area contributed by atoms with Crippen molar-refractivity contribution >= 4 is 11.4 Å². The molecule has 24 heavy (non-hydrogen) atoms. The van der Waals surface area contributed by atoms with Crippen molar-refractivity contribution in [3.8, 4) is 6.07 Å². The first kappa shape index (κ1) is 19.0. The summed E-state index contributed by atoms with van der Waals surface area (Å²) in [6.45, 7) is 13.6. The van der Waals surface area contributed by atoms with Crippen molar-refractivity contribution in [1.82, 2.24) is 0 Å². The molecule has 0 fully saturated rings. The van der Waals surface area contributed by atoms with E-state index in [4.69, 9.17) is 0 Å². The van der Waals surface area contributed by atoms with Gasteiger partial charge in [-0.1, -0.05) is 51.3 Å². The summed E-state index contributed by atoms with van der Waals surface area (Å²) in [5.41, 5.74) is 4.51. The zero-order valence-corrected chi connectivity index (χ0v) is 14.7. The molecule has 2 aromatic carbocycles. The van der Waals surface area contributed by atoms with E-state index in [2.05, 4.69) is 24.1 Å². The first-order valence-corrected chi connectivity index (χ1v) is 8.01. The van der Waals surface area contributed by atoms with Crippen LogP contribution in [0.4, 0.5) is 11.4 Å². The van der Waals surface area contributed by atoms with E-state index < -0.39 is 0 Å². The van der Waals surface area contributed by atoms with Crippen LogP contribution in [0.3, 0.4) is 0 Å². The minimum atomic E-state index is 0.637. The molecule has 0 spiro atoms. The molecule has 0 aromatic heterocycles. The molecule has 0 unspecified atom stereocenters. The summed E-state index contributed by atoms with van der Waals surface area (Å²) in [4.78, 5) is 2.06. The Hall–Kier alpha value is -3.05. The minimum absolute atomic E-state index is 0.637. The van der Waals surface area contributed by atoms with Crippen molar-refractivity contribution in [2.45, 2.75) is 20.8 Å². The SMILES string of the molecule is C=C/C=C(\C=C)N(c1ccccc1)c1cc(C)cc(C#N)c1.CC. The van der Waals surface area contributed by atoms with Gasteiger partial charge in [0.15, 0.2) is 0 Å². The Bertz CT molecular complexity index is 749. The predicted molar refractivity (Wildman–Crippen MR) is 104 cm³/mol. The van der Waals surface area contributed by atoms with E-state index in [1.54, 1.807) is 12.2 Å². The van der Waals surface area contributed by atoms with E-state index >= 15 is 0 Å². The molecule has 0 aliphatic carbocycles. The third kappa shape index (κ3) is 4.72. The molecular formula is C22H24N2. The molecule has 0 aliphatic heterocycles. The Morgan fingerprint density at radius 3 is 2.25 bits per heavy atom. The highest BCUT2D eigenvalue weighted by Crippen LogP contribution is 2.31. The maximum absolute atomic E-state index is 9.22. The molecule has 2 nitrogen and oxygen atoms in total. The quantitative estimate of drug-likeness (QED) is 0.606. The molecule has 2 heteroatoms. The van der Waals surface area contributed by atoms with Crippen molar-refractivity contribution < 1.29 is 0 Å². The molecule has 0 atom stereocenters. The highest BCUT2D eigenvalue weighted by Gasteiger charge is 2.13. The number of rotatable bonds is 5. The molecule has 0 N–H and O–H groups in total. The number of benzene rings is 2. The van der Waals surface area contributed by atoms with Gasteiger partial charge in [-0.15, -0.1) is 0 Å². The summed E-state index contributed by atoms with van der Waals surface area (Å²) in [6, 6.07) is 18.0. The monoisotopic (exact) mass is 316 g/mol. The lowest BCUT2D eigenvalue weighted by molar-refractivity contribution is 1.20. The van der Waals surface area contributed by atoms with E-state index in [-0.39, 0.29) is 0 Å². The lowest BCUT2D eigenvalue weighted by Gasteiger charge is -2.26. The fraction of sp³-hybridized carbons (Fsp3) is 0.136. The molecule has 0 bridgehead atoms. The molecule has 0 aliphatic rings. The van der Waals surface area contributed by atoms with Gasteiger partial charge in [0, 0.05) is 17.1 Å². The third-order valence-corrected chi connectivity index (χ3v) is 3.22. The average Bonchev–Trinajstić information content (AvgIpc) is 2.63. The second-order valence-corrected chi connectivity index (χ2v) is 4.87. The van der Waals surface area contributed by atoms with E-state index in [0.29, 0.717) is 5.56 Å². The summed E-state index contributed by atoms with van der Waals surface area (Å²) in [5.74, 6) is 0. The van der Waals surface area contributed by atoms with Crippen LogP contribution in [0.5, 0.6) is 0 Å². The van der Waals surface area contributed by atoms with Crippen LogP contribution in [-0.2, 0) is 0 Å². The van der Waals surface area contributed by atoms with Crippen molar-refractivity contribution in [2.24, 2.45) is 0 Å². The summed E-state index contributed by atoms with van der Waals surface area (Å²) in [6.07, 6.45) is 5.41. The van der Waals surface area contributed by atoms with E-state index in [1.165, 1.54) is 0 Å². The molecule has 2 aromatic rings. The lowest BCUT2D eigenvalue weighted by atomic mass is 10.1. The Labute approximate surface area is 145 Å². The fourth-order valence-electron chi connectivity index (χ4n) is 2.34. The fourth-order valence-corrected chi connectivity index (χ4v) is 2.34. The molecule has 0 radical (unpaired) electrons. The van der Waals surface area contributed by atoms with Gasteiger partial charge in [-0.25, -0.2) is 0 Å². The number of anilines is 2. The van der Waals surface area contributed by atoms with Crippen LogP contribution in [0, 0.1) is 18.3 Å². The number of para-hydroxylation sites is 1. The van der Waals surface area contributed by atoms with Crippen LogP contribution in [0.15, 0.2) is 85.6 Å². The number of allylic oxidation sites excluding steroid dienone is 3. The number of nitriles is 1. The Morgan fingerprint density at radius 2 is 1.71 bits per heavy atom. The topological polar surface area (TPSA) is 27.0 Å². The van der Waals surface area contributed by atoms with Crippen LogP contribution < -0.4 is 4.90 Å².